The molecule has 82 valence electrons. The molecule has 0 radical (unpaired) electrons. The van der Waals surface area contributed by atoms with E-state index < -0.39 is 0 Å². The quantitative estimate of drug-likeness (QED) is 0.795. The van der Waals surface area contributed by atoms with Crippen LogP contribution in [0.4, 0.5) is 4.39 Å². The molecule has 2 nitrogen and oxygen atoms in total. The lowest BCUT2D eigenvalue weighted by Crippen LogP contribution is -2.28. The Bertz CT molecular complexity index is 349. The van der Waals surface area contributed by atoms with Crippen LogP contribution in [-0.2, 0) is 0 Å². The monoisotopic (exact) mass is 228 g/mol. The number of hydrogen-bond acceptors (Lipinski definition) is 2. The van der Waals surface area contributed by atoms with Crippen LogP contribution in [0.3, 0.4) is 0 Å². The van der Waals surface area contributed by atoms with Crippen molar-refractivity contribution in [2.45, 2.75) is 12.0 Å². The van der Waals surface area contributed by atoms with E-state index in [0.29, 0.717) is 10.6 Å². The van der Waals surface area contributed by atoms with Gasteiger partial charge in [0.2, 0.25) is 0 Å². The zero-order chi connectivity index (χ0) is 11.0. The molecule has 2 rings (SSSR count). The van der Waals surface area contributed by atoms with Gasteiger partial charge in [0.15, 0.2) is 0 Å². The molecule has 1 fully saturated rings. The highest BCUT2D eigenvalue weighted by Crippen LogP contribution is 2.32. The number of halogens is 2. The lowest BCUT2D eigenvalue weighted by Gasteiger charge is -2.16. The molecule has 1 heterocycles. The van der Waals surface area contributed by atoms with Crippen molar-refractivity contribution < 1.29 is 4.39 Å². The molecule has 0 spiro atoms. The molecule has 1 aliphatic heterocycles. The SMILES string of the molecule is CN1C[C@@H](N)[C@H](c2c(F)cccc2Cl)C1. The summed E-state index contributed by atoms with van der Waals surface area (Å²) in [5, 5.41) is 0.478. The fourth-order valence-corrected chi connectivity index (χ4v) is 2.51. The van der Waals surface area contributed by atoms with Gasteiger partial charge in [0.1, 0.15) is 5.82 Å². The number of hydrogen-bond donors (Lipinski definition) is 1. The maximum atomic E-state index is 13.6. The van der Waals surface area contributed by atoms with Gasteiger partial charge in [0.05, 0.1) is 0 Å². The first-order valence-corrected chi connectivity index (χ1v) is 5.35. The molecule has 0 bridgehead atoms. The first kappa shape index (κ1) is 10.9. The average molecular weight is 229 g/mol. The fraction of sp³-hybridized carbons (Fsp3) is 0.455. The van der Waals surface area contributed by atoms with E-state index in [-0.39, 0.29) is 17.8 Å². The van der Waals surface area contributed by atoms with Gasteiger partial charge in [0, 0.05) is 35.6 Å². The second-order valence-corrected chi connectivity index (χ2v) is 4.53. The normalized spacial score (nSPS) is 27.2. The predicted octanol–water partition coefficient (Wildman–Crippen LogP) is 1.84. The van der Waals surface area contributed by atoms with Crippen LogP contribution in [0.1, 0.15) is 11.5 Å². The third kappa shape index (κ3) is 2.00. The maximum absolute atomic E-state index is 13.6. The molecule has 2 atom stereocenters. The largest absolute Gasteiger partial charge is 0.326 e. The van der Waals surface area contributed by atoms with Crippen molar-refractivity contribution >= 4 is 11.6 Å². The molecule has 1 saturated heterocycles. The van der Waals surface area contributed by atoms with E-state index in [4.69, 9.17) is 17.3 Å². The van der Waals surface area contributed by atoms with Crippen molar-refractivity contribution in [3.05, 3.63) is 34.6 Å². The summed E-state index contributed by atoms with van der Waals surface area (Å²) in [5.74, 6) is -0.248. The van der Waals surface area contributed by atoms with Gasteiger partial charge in [-0.15, -0.1) is 0 Å². The summed E-state index contributed by atoms with van der Waals surface area (Å²) >= 11 is 6.01. The van der Waals surface area contributed by atoms with Gasteiger partial charge in [-0.25, -0.2) is 4.39 Å². The van der Waals surface area contributed by atoms with Crippen LogP contribution in [0.15, 0.2) is 18.2 Å². The lowest BCUT2D eigenvalue weighted by molar-refractivity contribution is 0.406. The Hall–Kier alpha value is -0.640. The Labute approximate surface area is 93.8 Å². The third-order valence-corrected chi connectivity index (χ3v) is 3.25. The average Bonchev–Trinajstić information content (AvgIpc) is 2.45. The zero-order valence-electron chi connectivity index (χ0n) is 8.58. The molecule has 0 unspecified atom stereocenters. The lowest BCUT2D eigenvalue weighted by atomic mass is 9.94. The summed E-state index contributed by atoms with van der Waals surface area (Å²) in [4.78, 5) is 2.10. The predicted molar refractivity (Wildman–Crippen MR) is 59.6 cm³/mol. The highest BCUT2D eigenvalue weighted by atomic mass is 35.5. The van der Waals surface area contributed by atoms with E-state index in [1.165, 1.54) is 6.07 Å². The molecule has 15 heavy (non-hydrogen) atoms. The van der Waals surface area contributed by atoms with Crippen LogP contribution in [0.25, 0.3) is 0 Å². The summed E-state index contributed by atoms with van der Waals surface area (Å²) in [6.07, 6.45) is 0. The van der Waals surface area contributed by atoms with Crippen LogP contribution in [0, 0.1) is 5.82 Å². The molecule has 1 aromatic rings. The molecule has 1 aromatic carbocycles. The topological polar surface area (TPSA) is 29.3 Å². The second kappa shape index (κ2) is 4.08. The molecular formula is C11H14ClFN2. The molecule has 0 saturated carbocycles. The minimum Gasteiger partial charge on any atom is -0.326 e. The minimum atomic E-state index is -0.252. The molecule has 1 aliphatic rings. The van der Waals surface area contributed by atoms with Gasteiger partial charge in [-0.3, -0.25) is 0 Å². The van der Waals surface area contributed by atoms with Crippen molar-refractivity contribution in [2.24, 2.45) is 5.73 Å². The van der Waals surface area contributed by atoms with Gasteiger partial charge in [-0.1, -0.05) is 17.7 Å². The number of likely N-dealkylation sites (tertiary alicyclic amines) is 1. The number of rotatable bonds is 1. The van der Waals surface area contributed by atoms with E-state index in [2.05, 4.69) is 4.90 Å². The number of benzene rings is 1. The van der Waals surface area contributed by atoms with E-state index in [9.17, 15) is 4.39 Å². The van der Waals surface area contributed by atoms with Gasteiger partial charge in [-0.2, -0.15) is 0 Å². The molecule has 4 heteroatoms. The van der Waals surface area contributed by atoms with E-state index in [0.717, 1.165) is 13.1 Å². The molecular weight excluding hydrogens is 215 g/mol. The summed E-state index contributed by atoms with van der Waals surface area (Å²) in [6.45, 7) is 1.55. The zero-order valence-corrected chi connectivity index (χ0v) is 9.34. The summed E-state index contributed by atoms with van der Waals surface area (Å²) < 4.78 is 13.6. The summed E-state index contributed by atoms with van der Waals surface area (Å²) in [6, 6.07) is 4.73. The Morgan fingerprint density at radius 1 is 1.47 bits per heavy atom. The minimum absolute atomic E-state index is 0.00343. The summed E-state index contributed by atoms with van der Waals surface area (Å²) in [5.41, 5.74) is 6.54. The van der Waals surface area contributed by atoms with Crippen LogP contribution in [0.2, 0.25) is 5.02 Å². The van der Waals surface area contributed by atoms with Crippen molar-refractivity contribution in [3.8, 4) is 0 Å². The summed E-state index contributed by atoms with van der Waals surface area (Å²) in [7, 11) is 1.98. The van der Waals surface area contributed by atoms with Crippen LogP contribution >= 0.6 is 11.6 Å². The standard InChI is InChI=1S/C11H14ClFN2/c1-15-5-7(10(14)6-15)11-8(12)3-2-4-9(11)13/h2-4,7,10H,5-6,14H2,1H3/t7-,10-/m1/s1. The first-order chi connectivity index (χ1) is 7.09. The molecule has 2 N–H and O–H groups in total. The maximum Gasteiger partial charge on any atom is 0.128 e. The van der Waals surface area contributed by atoms with E-state index in [1.807, 2.05) is 7.05 Å². The van der Waals surface area contributed by atoms with E-state index in [1.54, 1.807) is 12.1 Å². The van der Waals surface area contributed by atoms with Gasteiger partial charge >= 0.3 is 0 Å². The molecule has 0 aliphatic carbocycles. The van der Waals surface area contributed by atoms with Crippen molar-refractivity contribution in [1.82, 2.24) is 4.90 Å². The Kier molecular flexibility index (Phi) is 2.96. The third-order valence-electron chi connectivity index (χ3n) is 2.92. The van der Waals surface area contributed by atoms with Gasteiger partial charge < -0.3 is 10.6 Å². The second-order valence-electron chi connectivity index (χ2n) is 4.13. The van der Waals surface area contributed by atoms with Gasteiger partial charge in [0.25, 0.3) is 0 Å². The Morgan fingerprint density at radius 3 is 2.73 bits per heavy atom. The number of nitrogens with zero attached hydrogens (tertiary/aromatic N) is 1. The smallest absolute Gasteiger partial charge is 0.128 e. The molecule has 0 aromatic heterocycles. The highest BCUT2D eigenvalue weighted by Gasteiger charge is 2.32. The fourth-order valence-electron chi connectivity index (χ4n) is 2.20. The number of likely N-dealkylation sites (N-methyl/N-ethyl adjacent to an activating group) is 1. The molecule has 0 amide bonds. The Balaban J connectivity index is 2.37. The van der Waals surface area contributed by atoms with Crippen molar-refractivity contribution in [1.29, 1.82) is 0 Å². The highest BCUT2D eigenvalue weighted by molar-refractivity contribution is 6.31. The van der Waals surface area contributed by atoms with Crippen LogP contribution in [-0.4, -0.2) is 31.1 Å². The first-order valence-electron chi connectivity index (χ1n) is 4.97. The van der Waals surface area contributed by atoms with Crippen LogP contribution < -0.4 is 5.73 Å². The van der Waals surface area contributed by atoms with Crippen molar-refractivity contribution in [3.63, 3.8) is 0 Å². The van der Waals surface area contributed by atoms with Crippen LogP contribution in [0.5, 0.6) is 0 Å². The van der Waals surface area contributed by atoms with Gasteiger partial charge in [-0.05, 0) is 19.2 Å². The Morgan fingerprint density at radius 2 is 2.20 bits per heavy atom. The van der Waals surface area contributed by atoms with E-state index >= 15 is 0 Å². The number of nitrogens with two attached hydrogens (primary N) is 1. The van der Waals surface area contributed by atoms with Crippen molar-refractivity contribution in [2.75, 3.05) is 20.1 Å².